The second-order valence-electron chi connectivity index (χ2n) is 19.5. The van der Waals surface area contributed by atoms with Crippen LogP contribution in [0.15, 0.2) is 54.5 Å². The van der Waals surface area contributed by atoms with Gasteiger partial charge in [0.15, 0.2) is 0 Å². The SMILES string of the molecule is CC(C)CCC[C@@H](C)C1CC[C@H]2[C@@H]3CC=C4C[C@@H](OC(=O)CNC(=O)CCC(=O)OCCONC(=O)c5ccc6cncn6c5Nc5ccc(I)cc5F)CC[C@]4(C)[C@H]3CC[C@]12C. The number of pyridine rings is 1. The minimum absolute atomic E-state index is 0.153. The first-order valence-corrected chi connectivity index (χ1v) is 24.1. The Bertz CT molecular complexity index is 2180. The van der Waals surface area contributed by atoms with Crippen molar-refractivity contribution in [2.75, 3.05) is 25.1 Å². The van der Waals surface area contributed by atoms with Gasteiger partial charge in [-0.3, -0.25) is 28.4 Å². The summed E-state index contributed by atoms with van der Waals surface area (Å²) in [6.45, 7) is 11.7. The van der Waals surface area contributed by atoms with Crippen molar-refractivity contribution in [3.8, 4) is 0 Å². The highest BCUT2D eigenvalue weighted by atomic mass is 127. The molecule has 342 valence electrons. The van der Waals surface area contributed by atoms with E-state index in [1.807, 2.05) is 22.6 Å². The minimum atomic E-state index is -0.630. The third-order valence-electron chi connectivity index (χ3n) is 15.2. The molecule has 3 N–H and O–H groups in total. The van der Waals surface area contributed by atoms with E-state index in [0.717, 1.165) is 58.8 Å². The maximum absolute atomic E-state index is 14.7. The Morgan fingerprint density at radius 1 is 0.968 bits per heavy atom. The van der Waals surface area contributed by atoms with Crippen LogP contribution >= 0.6 is 22.6 Å². The van der Waals surface area contributed by atoms with E-state index in [-0.39, 0.29) is 61.2 Å². The van der Waals surface area contributed by atoms with Gasteiger partial charge in [0.05, 0.1) is 29.4 Å². The van der Waals surface area contributed by atoms with E-state index < -0.39 is 29.6 Å². The third kappa shape index (κ3) is 10.7. The molecule has 12 nitrogen and oxygen atoms in total. The van der Waals surface area contributed by atoms with E-state index in [4.69, 9.17) is 14.3 Å². The summed E-state index contributed by atoms with van der Waals surface area (Å²) in [5.41, 5.74) is 5.40. The fraction of sp³-hybridized carbons (Fsp3) is 0.612. The normalized spacial score (nSPS) is 26.8. The topological polar surface area (TPSA) is 149 Å². The lowest BCUT2D eigenvalue weighted by Gasteiger charge is -2.58. The van der Waals surface area contributed by atoms with E-state index in [9.17, 15) is 23.6 Å². The van der Waals surface area contributed by atoms with Gasteiger partial charge in [-0.2, -0.15) is 0 Å². The summed E-state index contributed by atoms with van der Waals surface area (Å²) < 4.78 is 28.1. The molecule has 14 heteroatoms. The van der Waals surface area contributed by atoms with Crippen molar-refractivity contribution < 1.29 is 37.9 Å². The number of nitrogens with one attached hydrogen (secondary N) is 3. The van der Waals surface area contributed by atoms with Crippen molar-refractivity contribution in [1.82, 2.24) is 20.2 Å². The second-order valence-corrected chi connectivity index (χ2v) is 20.7. The predicted octanol–water partition coefficient (Wildman–Crippen LogP) is 9.88. The largest absolute Gasteiger partial charge is 0.463 e. The Morgan fingerprint density at radius 2 is 1.79 bits per heavy atom. The summed E-state index contributed by atoms with van der Waals surface area (Å²) in [5, 5.41) is 5.56. The standard InChI is InChI=1S/C49H65FIN5O7/c1-30(2)7-6-8-31(3)38-14-15-39-36-12-9-32-25-35(19-21-48(32,4)40(36)20-22-49(38,39)5)63-45(59)28-53-43(57)17-18-44(58)61-23-24-62-55-47(60)37-13-11-34-27-52-29-56(34)46(37)54-42-16-10-33(51)26-41(42)50/h9-11,13,16,26-27,29-31,35-36,38-40,54H,6-8,12,14-15,17-25,28H2,1-5H3,(H,53,57)(H,55,60)/t31-,35+,36+,38?,39+,40+,48+,49-/m1/s1. The predicted molar refractivity (Wildman–Crippen MR) is 247 cm³/mol. The molecule has 0 spiro atoms. The van der Waals surface area contributed by atoms with Crippen LogP contribution < -0.4 is 16.1 Å². The molecule has 2 heterocycles. The van der Waals surface area contributed by atoms with Gasteiger partial charge < -0.3 is 20.1 Å². The summed E-state index contributed by atoms with van der Waals surface area (Å²) in [7, 11) is 0. The summed E-state index contributed by atoms with van der Waals surface area (Å²) in [6, 6.07) is 7.94. The summed E-state index contributed by atoms with van der Waals surface area (Å²) in [6.07, 6.45) is 18.2. The third-order valence-corrected chi connectivity index (χ3v) is 15.8. The van der Waals surface area contributed by atoms with Gasteiger partial charge in [0, 0.05) is 16.4 Å². The molecule has 0 radical (unpaired) electrons. The van der Waals surface area contributed by atoms with E-state index in [2.05, 4.69) is 61.8 Å². The van der Waals surface area contributed by atoms with Crippen LogP contribution in [0.5, 0.6) is 0 Å². The number of hydrogen-bond acceptors (Lipinski definition) is 9. The molecule has 0 saturated heterocycles. The quantitative estimate of drug-likeness (QED) is 0.0372. The molecule has 7 rings (SSSR count). The number of carbonyl (C=O) groups excluding carboxylic acids is 4. The summed E-state index contributed by atoms with van der Waals surface area (Å²) in [5.74, 6) is 2.25. The molecule has 1 aromatic carbocycles. The van der Waals surface area contributed by atoms with Crippen molar-refractivity contribution in [3.05, 3.63) is 69.5 Å². The molecule has 0 aliphatic heterocycles. The van der Waals surface area contributed by atoms with Crippen molar-refractivity contribution in [3.63, 3.8) is 0 Å². The highest BCUT2D eigenvalue weighted by Crippen LogP contribution is 2.67. The molecule has 2 amide bonds. The molecule has 8 atom stereocenters. The van der Waals surface area contributed by atoms with Gasteiger partial charge in [0.25, 0.3) is 5.91 Å². The number of anilines is 2. The lowest BCUT2D eigenvalue weighted by molar-refractivity contribution is -0.151. The monoisotopic (exact) mass is 981 g/mol. The first-order valence-electron chi connectivity index (χ1n) is 23.1. The van der Waals surface area contributed by atoms with E-state index in [1.54, 1.807) is 34.9 Å². The van der Waals surface area contributed by atoms with Crippen LogP contribution in [0.2, 0.25) is 0 Å². The van der Waals surface area contributed by atoms with Gasteiger partial charge in [0.1, 0.15) is 43.8 Å². The van der Waals surface area contributed by atoms with Crippen molar-refractivity contribution in [2.24, 2.45) is 46.3 Å². The van der Waals surface area contributed by atoms with Crippen molar-refractivity contribution in [1.29, 1.82) is 0 Å². The lowest BCUT2D eigenvalue weighted by atomic mass is 9.47. The van der Waals surface area contributed by atoms with Gasteiger partial charge in [0.2, 0.25) is 5.91 Å². The molecular formula is C49H65FIN5O7. The number of aromatic nitrogens is 2. The van der Waals surface area contributed by atoms with Gasteiger partial charge in [-0.05, 0) is 144 Å². The fourth-order valence-electron chi connectivity index (χ4n) is 11.9. The van der Waals surface area contributed by atoms with Crippen LogP contribution in [-0.4, -0.2) is 59.0 Å². The number of rotatable bonds is 18. The highest BCUT2D eigenvalue weighted by Gasteiger charge is 2.59. The molecule has 0 bridgehead atoms. The summed E-state index contributed by atoms with van der Waals surface area (Å²) in [4.78, 5) is 60.2. The van der Waals surface area contributed by atoms with Gasteiger partial charge in [-0.15, -0.1) is 0 Å². The number of carbonyl (C=O) groups is 4. The van der Waals surface area contributed by atoms with Gasteiger partial charge in [-0.25, -0.2) is 14.9 Å². The molecule has 1 unspecified atom stereocenters. The number of benzene rings is 1. The van der Waals surface area contributed by atoms with Crippen LogP contribution in [0.1, 0.15) is 128 Å². The average molecular weight is 982 g/mol. The molecule has 4 aliphatic rings. The number of hydroxylamine groups is 1. The second kappa shape index (κ2) is 20.4. The van der Waals surface area contributed by atoms with Crippen LogP contribution in [0.4, 0.5) is 15.9 Å². The number of nitrogens with zero attached hydrogens (tertiary/aromatic N) is 2. The first kappa shape index (κ1) is 46.9. The Morgan fingerprint density at radius 3 is 2.59 bits per heavy atom. The van der Waals surface area contributed by atoms with Crippen molar-refractivity contribution >= 4 is 63.4 Å². The molecule has 3 aromatic rings. The number of allylic oxidation sites excluding steroid dienone is 1. The van der Waals surface area contributed by atoms with Crippen LogP contribution in [0.25, 0.3) is 5.52 Å². The number of esters is 2. The van der Waals surface area contributed by atoms with Gasteiger partial charge >= 0.3 is 11.9 Å². The molecule has 3 saturated carbocycles. The van der Waals surface area contributed by atoms with Gasteiger partial charge in [-0.1, -0.05) is 65.5 Å². The maximum atomic E-state index is 14.7. The number of imidazole rings is 1. The Kier molecular flexibility index (Phi) is 15.2. The maximum Gasteiger partial charge on any atom is 0.325 e. The van der Waals surface area contributed by atoms with E-state index >= 15 is 0 Å². The van der Waals surface area contributed by atoms with E-state index in [0.29, 0.717) is 16.8 Å². The Balaban J connectivity index is 0.790. The summed E-state index contributed by atoms with van der Waals surface area (Å²) >= 11 is 2.01. The molecule has 4 aliphatic carbocycles. The van der Waals surface area contributed by atoms with Crippen LogP contribution in [0.3, 0.4) is 0 Å². The lowest BCUT2D eigenvalue weighted by Crippen LogP contribution is -2.51. The van der Waals surface area contributed by atoms with Crippen LogP contribution in [-0.2, 0) is 28.7 Å². The van der Waals surface area contributed by atoms with E-state index in [1.165, 1.54) is 62.9 Å². The average Bonchev–Trinajstić information content (AvgIpc) is 3.88. The number of amides is 2. The minimum Gasteiger partial charge on any atom is -0.463 e. The number of fused-ring (bicyclic) bond motifs is 6. The Labute approximate surface area is 384 Å². The molecular weight excluding hydrogens is 916 g/mol. The van der Waals surface area contributed by atoms with Crippen LogP contribution in [0, 0.1) is 55.7 Å². The molecule has 2 aromatic heterocycles. The number of ether oxygens (including phenoxy) is 2. The smallest absolute Gasteiger partial charge is 0.325 e. The highest BCUT2D eigenvalue weighted by molar-refractivity contribution is 14.1. The van der Waals surface area contributed by atoms with Crippen molar-refractivity contribution in [2.45, 2.75) is 124 Å². The zero-order valence-corrected chi connectivity index (χ0v) is 39.6. The fourth-order valence-corrected chi connectivity index (χ4v) is 12.4. The number of hydrogen-bond donors (Lipinski definition) is 3. The first-order chi connectivity index (χ1) is 30.2. The number of halogens is 2. The zero-order valence-electron chi connectivity index (χ0n) is 37.5. The molecule has 3 fully saturated rings. The Hall–Kier alpha value is -4.05. The molecule has 63 heavy (non-hydrogen) atoms. The zero-order chi connectivity index (χ0) is 44.9.